The Kier molecular flexibility index (Phi) is 3.45. The van der Waals surface area contributed by atoms with Crippen LogP contribution in [0.3, 0.4) is 0 Å². The zero-order chi connectivity index (χ0) is 16.3. The van der Waals surface area contributed by atoms with Gasteiger partial charge in [0.1, 0.15) is 0 Å². The lowest BCUT2D eigenvalue weighted by molar-refractivity contribution is 0.104. The van der Waals surface area contributed by atoms with Gasteiger partial charge in [-0.15, -0.1) is 0 Å². The molecule has 3 saturated heterocycles. The highest BCUT2D eigenvalue weighted by atomic mass is 125. The van der Waals surface area contributed by atoms with E-state index in [1.54, 1.807) is 0 Å². The van der Waals surface area contributed by atoms with Crippen LogP contribution in [0.1, 0.15) is 28.8 Å². The Morgan fingerprint density at radius 2 is 1.75 bits per heavy atom. The quantitative estimate of drug-likeness (QED) is 0.552. The van der Waals surface area contributed by atoms with E-state index < -0.39 is 0 Å². The van der Waals surface area contributed by atoms with E-state index in [1.165, 1.54) is 31.6 Å². The number of halogens is 1. The minimum atomic E-state index is 0.190. The molecule has 3 heterocycles. The molecule has 122 valence electrons. The van der Waals surface area contributed by atoms with Crippen molar-refractivity contribution >= 4 is 34.1 Å². The molecule has 6 rings (SSSR count). The second-order valence-electron chi connectivity index (χ2n) is 6.99. The van der Waals surface area contributed by atoms with Crippen LogP contribution in [-0.2, 0) is 0 Å². The molecule has 3 fully saturated rings. The van der Waals surface area contributed by atoms with Gasteiger partial charge in [0, 0.05) is 52.6 Å². The minimum absolute atomic E-state index is 0.190. The molecule has 0 amide bonds. The molecule has 2 aromatic rings. The standard InChI is InChI=1S/C20H19IN2O/c21-18-3-1-2-16-15-5-4-14(12-17(15)20(24)19(16)18)23-11-10-22-8-6-13(23)7-9-22/h1-5,12-13H,6-11H2/i21-2. The molecule has 0 aromatic heterocycles. The van der Waals surface area contributed by atoms with Gasteiger partial charge in [-0.25, -0.2) is 0 Å². The van der Waals surface area contributed by atoms with E-state index in [0.717, 1.165) is 38.9 Å². The van der Waals surface area contributed by atoms with Crippen LogP contribution in [0.5, 0.6) is 0 Å². The van der Waals surface area contributed by atoms with Crippen molar-refractivity contribution in [3.05, 3.63) is 51.1 Å². The van der Waals surface area contributed by atoms with Gasteiger partial charge in [0.25, 0.3) is 0 Å². The summed E-state index contributed by atoms with van der Waals surface area (Å²) in [7, 11) is 0. The number of hydrogen-bond acceptors (Lipinski definition) is 3. The number of ketones is 1. The molecule has 0 radical (unpaired) electrons. The van der Waals surface area contributed by atoms with Crippen LogP contribution in [0.25, 0.3) is 11.1 Å². The number of hydrogen-bond donors (Lipinski definition) is 0. The SMILES string of the molecule is O=C1c2cc(N3CCN4CCC3CC4)ccc2-c2cccc([125I])c21. The lowest BCUT2D eigenvalue weighted by Crippen LogP contribution is -2.37. The predicted molar refractivity (Wildman–Crippen MR) is 105 cm³/mol. The van der Waals surface area contributed by atoms with Gasteiger partial charge < -0.3 is 9.80 Å². The molecule has 3 nitrogen and oxygen atoms in total. The van der Waals surface area contributed by atoms with Crippen LogP contribution in [0.2, 0.25) is 0 Å². The summed E-state index contributed by atoms with van der Waals surface area (Å²) in [5.74, 6) is 0.190. The number of benzene rings is 2. The Hall–Kier alpha value is -1.40. The maximum atomic E-state index is 12.9. The molecule has 4 aliphatic rings. The van der Waals surface area contributed by atoms with E-state index in [4.69, 9.17) is 0 Å². The number of carbonyl (C=O) groups is 1. The van der Waals surface area contributed by atoms with Crippen molar-refractivity contribution in [2.45, 2.75) is 18.9 Å². The van der Waals surface area contributed by atoms with E-state index in [2.05, 4.69) is 56.7 Å². The van der Waals surface area contributed by atoms with Crippen LogP contribution in [-0.4, -0.2) is 42.9 Å². The molecular weight excluding hydrogens is 409 g/mol. The third-order valence-electron chi connectivity index (χ3n) is 5.77. The van der Waals surface area contributed by atoms with Gasteiger partial charge in [0.15, 0.2) is 5.78 Å². The van der Waals surface area contributed by atoms with E-state index in [-0.39, 0.29) is 5.78 Å². The van der Waals surface area contributed by atoms with Crippen molar-refractivity contribution in [3.8, 4) is 11.1 Å². The molecule has 0 atom stereocenters. The number of carbonyl (C=O) groups excluding carboxylic acids is 1. The Morgan fingerprint density at radius 1 is 0.917 bits per heavy atom. The zero-order valence-electron chi connectivity index (χ0n) is 13.5. The molecule has 2 bridgehead atoms. The molecule has 4 heteroatoms. The molecule has 0 N–H and O–H groups in total. The normalized spacial score (nSPS) is 24.7. The molecule has 1 aliphatic carbocycles. The van der Waals surface area contributed by atoms with Crippen molar-refractivity contribution in [3.63, 3.8) is 0 Å². The summed E-state index contributed by atoms with van der Waals surface area (Å²) in [5.41, 5.74) is 5.18. The summed E-state index contributed by atoms with van der Waals surface area (Å²) in [5, 5.41) is 0. The zero-order valence-corrected chi connectivity index (χ0v) is 15.6. The fourth-order valence-corrected chi connectivity index (χ4v) is 5.22. The smallest absolute Gasteiger partial charge is 0.195 e. The Morgan fingerprint density at radius 3 is 2.58 bits per heavy atom. The third kappa shape index (κ3) is 2.15. The summed E-state index contributed by atoms with van der Waals surface area (Å²) in [6.07, 6.45) is 2.48. The van der Waals surface area contributed by atoms with Crippen LogP contribution >= 0.6 is 22.6 Å². The first-order chi connectivity index (χ1) is 11.7. The fourth-order valence-electron chi connectivity index (χ4n) is 4.47. The van der Waals surface area contributed by atoms with Gasteiger partial charge in [-0.2, -0.15) is 0 Å². The maximum absolute atomic E-state index is 12.9. The lowest BCUT2D eigenvalue weighted by Gasteiger charge is -2.33. The van der Waals surface area contributed by atoms with Crippen molar-refractivity contribution in [2.24, 2.45) is 0 Å². The molecule has 2 aromatic carbocycles. The van der Waals surface area contributed by atoms with Crippen LogP contribution < -0.4 is 4.90 Å². The van der Waals surface area contributed by atoms with Crippen molar-refractivity contribution in [1.29, 1.82) is 0 Å². The van der Waals surface area contributed by atoms with E-state index in [0.29, 0.717) is 6.04 Å². The Labute approximate surface area is 155 Å². The van der Waals surface area contributed by atoms with Gasteiger partial charge >= 0.3 is 0 Å². The summed E-state index contributed by atoms with van der Waals surface area (Å²) in [6, 6.07) is 13.3. The first kappa shape index (κ1) is 14.9. The highest BCUT2D eigenvalue weighted by Crippen LogP contribution is 2.41. The summed E-state index contributed by atoms with van der Waals surface area (Å²) in [4.78, 5) is 18.0. The topological polar surface area (TPSA) is 23.6 Å². The average molecular weight is 428 g/mol. The van der Waals surface area contributed by atoms with E-state index in [1.807, 2.05) is 12.1 Å². The van der Waals surface area contributed by atoms with Gasteiger partial charge in [-0.1, -0.05) is 18.2 Å². The monoisotopic (exact) mass is 428 g/mol. The van der Waals surface area contributed by atoms with Crippen LogP contribution in [0.15, 0.2) is 36.4 Å². The highest BCUT2D eigenvalue weighted by molar-refractivity contribution is 14.1. The molecule has 0 unspecified atom stereocenters. The number of anilines is 1. The highest BCUT2D eigenvalue weighted by Gasteiger charge is 2.32. The predicted octanol–water partition coefficient (Wildman–Crippen LogP) is 3.79. The first-order valence-electron chi connectivity index (χ1n) is 8.69. The first-order valence-corrected chi connectivity index (χ1v) is 9.77. The van der Waals surface area contributed by atoms with Crippen LogP contribution in [0.4, 0.5) is 5.69 Å². The summed E-state index contributed by atoms with van der Waals surface area (Å²) < 4.78 is 1.05. The number of nitrogens with zero attached hydrogens (tertiary/aromatic N) is 2. The number of fused-ring (bicyclic) bond motifs is 7. The Balaban J connectivity index is 1.57. The van der Waals surface area contributed by atoms with Crippen molar-refractivity contribution < 1.29 is 4.79 Å². The van der Waals surface area contributed by atoms with Crippen LogP contribution in [0, 0.1) is 3.57 Å². The fraction of sp³-hybridized carbons (Fsp3) is 0.350. The molecule has 0 spiro atoms. The van der Waals surface area contributed by atoms with E-state index >= 15 is 0 Å². The summed E-state index contributed by atoms with van der Waals surface area (Å²) >= 11 is 2.27. The van der Waals surface area contributed by atoms with Gasteiger partial charge in [-0.3, -0.25) is 4.79 Å². The molecular formula is C20H19IN2O. The van der Waals surface area contributed by atoms with Crippen molar-refractivity contribution in [1.82, 2.24) is 4.90 Å². The Bertz CT molecular complexity index is 840. The molecule has 0 saturated carbocycles. The van der Waals surface area contributed by atoms with Crippen molar-refractivity contribution in [2.75, 3.05) is 31.1 Å². The van der Waals surface area contributed by atoms with Gasteiger partial charge in [-0.05, 0) is 64.8 Å². The second-order valence-corrected chi connectivity index (χ2v) is 8.15. The third-order valence-corrected chi connectivity index (χ3v) is 6.66. The average Bonchev–Trinajstić information content (AvgIpc) is 2.78. The number of piperidine rings is 1. The lowest BCUT2D eigenvalue weighted by atomic mass is 10.0. The largest absolute Gasteiger partial charge is 0.367 e. The second kappa shape index (κ2) is 5.56. The number of rotatable bonds is 1. The van der Waals surface area contributed by atoms with E-state index in [9.17, 15) is 4.79 Å². The molecule has 24 heavy (non-hydrogen) atoms. The van der Waals surface area contributed by atoms with Gasteiger partial charge in [0.05, 0.1) is 0 Å². The minimum Gasteiger partial charge on any atom is -0.367 e. The van der Waals surface area contributed by atoms with Gasteiger partial charge in [0.2, 0.25) is 0 Å². The molecule has 3 aliphatic heterocycles. The maximum Gasteiger partial charge on any atom is 0.195 e. The summed E-state index contributed by atoms with van der Waals surface area (Å²) in [6.45, 7) is 4.64.